The molecule has 0 spiro atoms. The van der Waals surface area contributed by atoms with Gasteiger partial charge in [-0.15, -0.1) is 0 Å². The molecule has 0 aliphatic carbocycles. The molecule has 0 atom stereocenters. The summed E-state index contributed by atoms with van der Waals surface area (Å²) in [6.45, 7) is 25.3. The molecule has 0 fully saturated rings. The van der Waals surface area contributed by atoms with E-state index in [9.17, 15) is 9.59 Å². The maximum absolute atomic E-state index is 13.1. The summed E-state index contributed by atoms with van der Waals surface area (Å²) >= 11 is 0. The molecular weight excluding hydrogens is 408 g/mol. The van der Waals surface area contributed by atoms with Crippen molar-refractivity contribution in [2.24, 2.45) is 0 Å². The Bertz CT molecular complexity index is 896. The average molecular weight is 451 g/mol. The lowest BCUT2D eigenvalue weighted by molar-refractivity contribution is 0.0397. The molecule has 180 valence electrons. The zero-order chi connectivity index (χ0) is 25.6. The standard InChI is InChI=1S/C30H42O3/c1-27(2,3)21-13-19(14-22(17-21)28(4,5)6)25(31)33-26(32)20-15-23(29(7,8)9)18-24(16-20)30(10,11)12/h13-18H,1-12H3. The minimum absolute atomic E-state index is 0.136. The summed E-state index contributed by atoms with van der Waals surface area (Å²) in [6.07, 6.45) is 0. The van der Waals surface area contributed by atoms with Crippen LogP contribution in [-0.2, 0) is 26.4 Å². The maximum atomic E-state index is 13.1. The zero-order valence-electron chi connectivity index (χ0n) is 22.7. The number of carbonyl (C=O) groups is 2. The Hall–Kier alpha value is -2.42. The first kappa shape index (κ1) is 26.8. The molecule has 0 aliphatic rings. The molecule has 0 radical (unpaired) electrons. The van der Waals surface area contributed by atoms with Gasteiger partial charge in [-0.1, -0.05) is 95.2 Å². The third-order valence-electron chi connectivity index (χ3n) is 5.99. The number of rotatable bonds is 2. The van der Waals surface area contributed by atoms with E-state index in [4.69, 9.17) is 4.74 Å². The number of benzene rings is 2. The van der Waals surface area contributed by atoms with E-state index < -0.39 is 11.9 Å². The number of hydrogen-bond donors (Lipinski definition) is 0. The second kappa shape index (κ2) is 8.74. The first-order chi connectivity index (χ1) is 14.7. The molecule has 33 heavy (non-hydrogen) atoms. The molecular formula is C30H42O3. The second-order valence-corrected chi connectivity index (χ2v) is 13.3. The van der Waals surface area contributed by atoms with Crippen molar-refractivity contribution in [2.75, 3.05) is 0 Å². The summed E-state index contributed by atoms with van der Waals surface area (Å²) in [5, 5.41) is 0. The number of carbonyl (C=O) groups excluding carboxylic acids is 2. The number of ether oxygens (including phenoxy) is 1. The Kier molecular flexibility index (Phi) is 7.11. The fourth-order valence-electron chi connectivity index (χ4n) is 3.42. The molecule has 0 N–H and O–H groups in total. The van der Waals surface area contributed by atoms with Crippen molar-refractivity contribution in [1.82, 2.24) is 0 Å². The van der Waals surface area contributed by atoms with Crippen LogP contribution < -0.4 is 0 Å². The summed E-state index contributed by atoms with van der Waals surface area (Å²) < 4.78 is 5.42. The highest BCUT2D eigenvalue weighted by atomic mass is 16.6. The van der Waals surface area contributed by atoms with Crippen LogP contribution in [0, 0.1) is 0 Å². The molecule has 0 saturated heterocycles. The van der Waals surface area contributed by atoms with Gasteiger partial charge < -0.3 is 4.74 Å². The molecule has 3 heteroatoms. The van der Waals surface area contributed by atoms with Crippen molar-refractivity contribution in [3.05, 3.63) is 69.8 Å². The normalized spacial score (nSPS) is 13.1. The summed E-state index contributed by atoms with van der Waals surface area (Å²) in [5.41, 5.74) is 4.43. The Morgan fingerprint density at radius 1 is 0.455 bits per heavy atom. The molecule has 0 bridgehead atoms. The van der Waals surface area contributed by atoms with E-state index in [0.717, 1.165) is 22.3 Å². The predicted octanol–water partition coefficient (Wildman–Crippen LogP) is 7.87. The molecule has 0 aliphatic heterocycles. The van der Waals surface area contributed by atoms with E-state index in [2.05, 4.69) is 95.2 Å². The Balaban J connectivity index is 2.49. The van der Waals surface area contributed by atoms with Gasteiger partial charge in [0.25, 0.3) is 0 Å². The average Bonchev–Trinajstić information content (AvgIpc) is 2.64. The zero-order valence-corrected chi connectivity index (χ0v) is 22.7. The van der Waals surface area contributed by atoms with E-state index >= 15 is 0 Å². The lowest BCUT2D eigenvalue weighted by Crippen LogP contribution is -2.21. The van der Waals surface area contributed by atoms with Gasteiger partial charge in [0.05, 0.1) is 11.1 Å². The van der Waals surface area contributed by atoms with Gasteiger partial charge in [0.15, 0.2) is 0 Å². The molecule has 2 aromatic rings. The van der Waals surface area contributed by atoms with E-state index in [1.165, 1.54) is 0 Å². The third-order valence-corrected chi connectivity index (χ3v) is 5.99. The van der Waals surface area contributed by atoms with Gasteiger partial charge in [0.1, 0.15) is 0 Å². The highest BCUT2D eigenvalue weighted by Crippen LogP contribution is 2.32. The number of hydrogen-bond acceptors (Lipinski definition) is 3. The van der Waals surface area contributed by atoms with Gasteiger partial charge >= 0.3 is 11.9 Å². The van der Waals surface area contributed by atoms with Crippen molar-refractivity contribution in [3.8, 4) is 0 Å². The van der Waals surface area contributed by atoms with Gasteiger partial charge in [-0.05, 0) is 68.2 Å². The first-order valence-corrected chi connectivity index (χ1v) is 11.8. The second-order valence-electron chi connectivity index (χ2n) is 13.3. The molecule has 3 nitrogen and oxygen atoms in total. The van der Waals surface area contributed by atoms with Crippen LogP contribution in [0.4, 0.5) is 0 Å². The summed E-state index contributed by atoms with van der Waals surface area (Å²) in [5.74, 6) is -1.23. The van der Waals surface area contributed by atoms with Crippen LogP contribution in [0.15, 0.2) is 36.4 Å². The Labute approximate surface area is 200 Å². The van der Waals surface area contributed by atoms with Crippen LogP contribution in [0.5, 0.6) is 0 Å². The molecule has 2 aromatic carbocycles. The summed E-state index contributed by atoms with van der Waals surface area (Å²) in [4.78, 5) is 26.2. The van der Waals surface area contributed by atoms with Crippen LogP contribution in [0.25, 0.3) is 0 Å². The van der Waals surface area contributed by atoms with Gasteiger partial charge in [0, 0.05) is 0 Å². The van der Waals surface area contributed by atoms with Gasteiger partial charge in [-0.3, -0.25) is 0 Å². The number of esters is 2. The molecule has 0 aromatic heterocycles. The molecule has 0 unspecified atom stereocenters. The molecule has 2 rings (SSSR count). The quantitative estimate of drug-likeness (QED) is 0.345. The Morgan fingerprint density at radius 3 is 0.848 bits per heavy atom. The Morgan fingerprint density at radius 2 is 0.667 bits per heavy atom. The van der Waals surface area contributed by atoms with Crippen LogP contribution in [-0.4, -0.2) is 11.9 Å². The molecule has 0 saturated carbocycles. The minimum Gasteiger partial charge on any atom is -0.386 e. The fourth-order valence-corrected chi connectivity index (χ4v) is 3.42. The lowest BCUT2D eigenvalue weighted by atomic mass is 9.79. The first-order valence-electron chi connectivity index (χ1n) is 11.8. The van der Waals surface area contributed by atoms with Gasteiger partial charge in [0.2, 0.25) is 0 Å². The van der Waals surface area contributed by atoms with Crippen LogP contribution >= 0.6 is 0 Å². The van der Waals surface area contributed by atoms with Crippen molar-refractivity contribution in [1.29, 1.82) is 0 Å². The van der Waals surface area contributed by atoms with Crippen LogP contribution in [0.3, 0.4) is 0 Å². The molecule has 0 amide bonds. The lowest BCUT2D eigenvalue weighted by Gasteiger charge is -2.26. The topological polar surface area (TPSA) is 43.4 Å². The molecule has 0 heterocycles. The minimum atomic E-state index is -0.616. The van der Waals surface area contributed by atoms with Gasteiger partial charge in [-0.2, -0.15) is 0 Å². The maximum Gasteiger partial charge on any atom is 0.346 e. The van der Waals surface area contributed by atoms with Crippen molar-refractivity contribution >= 4 is 11.9 Å². The summed E-state index contributed by atoms with van der Waals surface area (Å²) in [6, 6.07) is 11.7. The third kappa shape index (κ3) is 6.79. The van der Waals surface area contributed by atoms with Gasteiger partial charge in [-0.25, -0.2) is 9.59 Å². The van der Waals surface area contributed by atoms with E-state index in [1.54, 1.807) is 0 Å². The van der Waals surface area contributed by atoms with Crippen LogP contribution in [0.1, 0.15) is 126 Å². The van der Waals surface area contributed by atoms with Crippen molar-refractivity contribution < 1.29 is 14.3 Å². The van der Waals surface area contributed by atoms with Crippen LogP contribution in [0.2, 0.25) is 0 Å². The fraction of sp³-hybridized carbons (Fsp3) is 0.533. The SMILES string of the molecule is CC(C)(C)c1cc(C(=O)OC(=O)c2cc(C(C)(C)C)cc(C(C)(C)C)c2)cc(C(C)(C)C)c1. The highest BCUT2D eigenvalue weighted by molar-refractivity contribution is 6.03. The monoisotopic (exact) mass is 450 g/mol. The van der Waals surface area contributed by atoms with Crippen molar-refractivity contribution in [3.63, 3.8) is 0 Å². The van der Waals surface area contributed by atoms with E-state index in [0.29, 0.717) is 11.1 Å². The smallest absolute Gasteiger partial charge is 0.346 e. The van der Waals surface area contributed by atoms with Crippen molar-refractivity contribution in [2.45, 2.75) is 105 Å². The predicted molar refractivity (Wildman–Crippen MR) is 137 cm³/mol. The van der Waals surface area contributed by atoms with E-state index in [-0.39, 0.29) is 21.7 Å². The highest BCUT2D eigenvalue weighted by Gasteiger charge is 2.26. The largest absolute Gasteiger partial charge is 0.386 e. The summed E-state index contributed by atoms with van der Waals surface area (Å²) in [7, 11) is 0. The van der Waals surface area contributed by atoms with E-state index in [1.807, 2.05) is 24.3 Å².